The third kappa shape index (κ3) is 4.57. The highest BCUT2D eigenvalue weighted by Crippen LogP contribution is 2.44. The van der Waals surface area contributed by atoms with Crippen molar-refractivity contribution in [2.45, 2.75) is 13.3 Å². The van der Waals surface area contributed by atoms with Gasteiger partial charge in [-0.15, -0.1) is 0 Å². The highest BCUT2D eigenvalue weighted by molar-refractivity contribution is 7.63. The van der Waals surface area contributed by atoms with E-state index in [0.717, 1.165) is 6.42 Å². The van der Waals surface area contributed by atoms with Gasteiger partial charge in [-0.3, -0.25) is 0 Å². The summed E-state index contributed by atoms with van der Waals surface area (Å²) in [4.78, 5) is 0. The normalized spacial score (nSPS) is 11.9. The number of aliphatic hydroxyl groups excluding tert-OH is 2. The van der Waals surface area contributed by atoms with E-state index in [1.165, 1.54) is 0 Å². The zero-order valence-electron chi connectivity index (χ0n) is 6.99. The molecule has 0 spiro atoms. The fourth-order valence-corrected chi connectivity index (χ4v) is 3.32. The predicted molar refractivity (Wildman–Crippen MR) is 46.7 cm³/mol. The summed E-state index contributed by atoms with van der Waals surface area (Å²) in [6, 6.07) is 0. The van der Waals surface area contributed by atoms with Gasteiger partial charge >= 0.3 is 0 Å². The summed E-state index contributed by atoms with van der Waals surface area (Å²) in [5.74, 6) is 0. The zero-order valence-corrected chi connectivity index (χ0v) is 7.89. The van der Waals surface area contributed by atoms with E-state index >= 15 is 0 Å². The molecule has 0 rings (SSSR count). The first-order valence-electron chi connectivity index (χ1n) is 3.97. The van der Waals surface area contributed by atoms with Crippen LogP contribution >= 0.6 is 7.14 Å². The average Bonchev–Trinajstić information content (AvgIpc) is 1.88. The van der Waals surface area contributed by atoms with Crippen molar-refractivity contribution in [3.8, 4) is 0 Å². The molecule has 0 saturated carbocycles. The lowest BCUT2D eigenvalue weighted by Gasteiger charge is -2.14. The summed E-state index contributed by atoms with van der Waals surface area (Å²) in [6.45, 7) is 1.90. The predicted octanol–water partition coefficient (Wildman–Crippen LogP) is 0.744. The van der Waals surface area contributed by atoms with E-state index < -0.39 is 7.14 Å². The average molecular weight is 180 g/mol. The smallest absolute Gasteiger partial charge is 0.0922 e. The molecular formula is C7H17O3P. The molecule has 0 bridgehead atoms. The van der Waals surface area contributed by atoms with Crippen LogP contribution in [0.5, 0.6) is 0 Å². The van der Waals surface area contributed by atoms with E-state index in [-0.39, 0.29) is 13.2 Å². The van der Waals surface area contributed by atoms with Crippen LogP contribution in [-0.4, -0.2) is 41.9 Å². The van der Waals surface area contributed by atoms with Gasteiger partial charge in [-0.2, -0.15) is 0 Å². The highest BCUT2D eigenvalue weighted by Gasteiger charge is 2.18. The lowest BCUT2D eigenvalue weighted by atomic mass is 10.6. The Kier molecular flexibility index (Phi) is 5.83. The van der Waals surface area contributed by atoms with Crippen LogP contribution in [0.1, 0.15) is 13.3 Å². The SMILES string of the molecule is CCCP(=O)(CCO)CCO. The van der Waals surface area contributed by atoms with E-state index in [1.807, 2.05) is 6.92 Å². The molecule has 11 heavy (non-hydrogen) atoms. The van der Waals surface area contributed by atoms with Crippen molar-refractivity contribution in [3.63, 3.8) is 0 Å². The second kappa shape index (κ2) is 5.76. The summed E-state index contributed by atoms with van der Waals surface area (Å²) < 4.78 is 11.7. The van der Waals surface area contributed by atoms with Crippen molar-refractivity contribution in [2.24, 2.45) is 0 Å². The molecule has 68 valence electrons. The summed E-state index contributed by atoms with van der Waals surface area (Å²) >= 11 is 0. The van der Waals surface area contributed by atoms with Crippen molar-refractivity contribution < 1.29 is 14.8 Å². The van der Waals surface area contributed by atoms with E-state index in [2.05, 4.69) is 0 Å². The molecule has 0 atom stereocenters. The maximum atomic E-state index is 11.7. The van der Waals surface area contributed by atoms with Crippen LogP contribution < -0.4 is 0 Å². The van der Waals surface area contributed by atoms with Crippen LogP contribution in [0.2, 0.25) is 0 Å². The molecular weight excluding hydrogens is 163 g/mol. The standard InChI is InChI=1S/C7H17O3P/c1-2-5-11(10,6-3-8)7-4-9/h8-9H,2-7H2,1H3. The molecule has 0 heterocycles. The minimum Gasteiger partial charge on any atom is -0.396 e. The largest absolute Gasteiger partial charge is 0.396 e. The van der Waals surface area contributed by atoms with Gasteiger partial charge in [-0.25, -0.2) is 0 Å². The molecule has 0 radical (unpaired) electrons. The van der Waals surface area contributed by atoms with Crippen LogP contribution in [0.4, 0.5) is 0 Å². The first-order valence-corrected chi connectivity index (χ1v) is 6.23. The van der Waals surface area contributed by atoms with Gasteiger partial charge in [-0.05, 0) is 6.42 Å². The van der Waals surface area contributed by atoms with E-state index in [9.17, 15) is 4.57 Å². The van der Waals surface area contributed by atoms with Gasteiger partial charge in [0.2, 0.25) is 0 Å². The Labute approximate surface area is 67.8 Å². The van der Waals surface area contributed by atoms with E-state index in [1.54, 1.807) is 0 Å². The Balaban J connectivity index is 3.91. The zero-order chi connectivity index (χ0) is 8.74. The molecule has 4 heteroatoms. The molecule has 0 saturated heterocycles. The lowest BCUT2D eigenvalue weighted by Crippen LogP contribution is -2.05. The molecule has 0 aromatic carbocycles. The van der Waals surface area contributed by atoms with Crippen LogP contribution in [0, 0.1) is 0 Å². The molecule has 0 aliphatic carbocycles. The fraction of sp³-hybridized carbons (Fsp3) is 1.00. The minimum atomic E-state index is -2.22. The van der Waals surface area contributed by atoms with Crippen molar-refractivity contribution in [3.05, 3.63) is 0 Å². The van der Waals surface area contributed by atoms with Gasteiger partial charge in [0.15, 0.2) is 0 Å². The Morgan fingerprint density at radius 2 is 1.55 bits per heavy atom. The van der Waals surface area contributed by atoms with Gasteiger partial charge in [0.05, 0.1) is 7.14 Å². The van der Waals surface area contributed by atoms with Crippen LogP contribution in [0.15, 0.2) is 0 Å². The topological polar surface area (TPSA) is 57.5 Å². The first kappa shape index (κ1) is 11.2. The van der Waals surface area contributed by atoms with Crippen molar-refractivity contribution in [1.29, 1.82) is 0 Å². The molecule has 0 aliphatic rings. The number of rotatable bonds is 6. The number of hydrogen-bond donors (Lipinski definition) is 2. The number of hydrogen-bond acceptors (Lipinski definition) is 3. The minimum absolute atomic E-state index is 0.0305. The van der Waals surface area contributed by atoms with Crippen molar-refractivity contribution >= 4 is 7.14 Å². The Hall–Kier alpha value is 0.150. The van der Waals surface area contributed by atoms with Gasteiger partial charge in [0.25, 0.3) is 0 Å². The van der Waals surface area contributed by atoms with Gasteiger partial charge in [0, 0.05) is 31.7 Å². The molecule has 0 aromatic heterocycles. The summed E-state index contributed by atoms with van der Waals surface area (Å²) in [6.07, 6.45) is 2.23. The van der Waals surface area contributed by atoms with Gasteiger partial charge < -0.3 is 14.8 Å². The Morgan fingerprint density at radius 1 is 1.09 bits per heavy atom. The monoisotopic (exact) mass is 180 g/mol. The summed E-state index contributed by atoms with van der Waals surface area (Å²) in [5.41, 5.74) is 0. The first-order chi connectivity index (χ1) is 5.18. The quantitative estimate of drug-likeness (QED) is 0.593. The van der Waals surface area contributed by atoms with Crippen LogP contribution in [-0.2, 0) is 4.57 Å². The van der Waals surface area contributed by atoms with Gasteiger partial charge in [0.1, 0.15) is 0 Å². The molecule has 0 aromatic rings. The van der Waals surface area contributed by atoms with E-state index in [0.29, 0.717) is 18.5 Å². The molecule has 2 N–H and O–H groups in total. The molecule has 0 unspecified atom stereocenters. The molecule has 3 nitrogen and oxygen atoms in total. The Morgan fingerprint density at radius 3 is 1.82 bits per heavy atom. The second-order valence-corrected chi connectivity index (χ2v) is 6.13. The maximum Gasteiger partial charge on any atom is 0.0922 e. The van der Waals surface area contributed by atoms with Crippen LogP contribution in [0.25, 0.3) is 0 Å². The summed E-state index contributed by atoms with van der Waals surface area (Å²) in [5, 5.41) is 17.2. The molecule has 0 aliphatic heterocycles. The third-order valence-electron chi connectivity index (χ3n) is 1.65. The van der Waals surface area contributed by atoms with Crippen molar-refractivity contribution in [2.75, 3.05) is 31.7 Å². The molecule has 0 fully saturated rings. The fourth-order valence-electron chi connectivity index (χ4n) is 1.11. The molecule has 0 amide bonds. The van der Waals surface area contributed by atoms with Crippen molar-refractivity contribution in [1.82, 2.24) is 0 Å². The second-order valence-electron chi connectivity index (χ2n) is 2.68. The van der Waals surface area contributed by atoms with Crippen LogP contribution in [0.3, 0.4) is 0 Å². The maximum absolute atomic E-state index is 11.7. The lowest BCUT2D eigenvalue weighted by molar-refractivity contribution is 0.311. The number of aliphatic hydroxyl groups is 2. The van der Waals surface area contributed by atoms with Gasteiger partial charge in [-0.1, -0.05) is 6.92 Å². The summed E-state index contributed by atoms with van der Waals surface area (Å²) in [7, 11) is -2.22. The third-order valence-corrected chi connectivity index (χ3v) is 4.94. The van der Waals surface area contributed by atoms with E-state index in [4.69, 9.17) is 10.2 Å². The Bertz CT molecular complexity index is 112. The highest BCUT2D eigenvalue weighted by atomic mass is 31.2.